The van der Waals surface area contributed by atoms with E-state index in [0.717, 1.165) is 4.90 Å². The van der Waals surface area contributed by atoms with Gasteiger partial charge in [-0.25, -0.2) is 4.99 Å². The van der Waals surface area contributed by atoms with Crippen molar-refractivity contribution in [3.8, 4) is 0 Å². The third-order valence-electron chi connectivity index (χ3n) is 0.763. The summed E-state index contributed by atoms with van der Waals surface area (Å²) >= 11 is 32.5. The van der Waals surface area contributed by atoms with Crippen LogP contribution in [0.2, 0.25) is 0 Å². The number of aliphatic imine (C=N–C) groups is 1. The fraction of sp³-hybridized carbons (Fsp3) is 0.750. The van der Waals surface area contributed by atoms with E-state index in [4.69, 9.17) is 69.6 Å². The van der Waals surface area contributed by atoms with Gasteiger partial charge >= 0.3 is 0 Å². The second-order valence-electron chi connectivity index (χ2n) is 1.54. The molecule has 0 rings (SSSR count). The highest BCUT2D eigenvalue weighted by Gasteiger charge is 2.16. The first kappa shape index (κ1) is 13.2. The van der Waals surface area contributed by atoms with Gasteiger partial charge in [-0.15, -0.1) is 0 Å². The van der Waals surface area contributed by atoms with Gasteiger partial charge in [-0.2, -0.15) is 0 Å². The summed E-state index contributed by atoms with van der Waals surface area (Å²) in [5.41, 5.74) is 0. The van der Waals surface area contributed by atoms with Gasteiger partial charge in [0.1, 0.15) is 0 Å². The number of rotatable bonds is 4. The largest absolute Gasteiger partial charge is 0.304 e. The quantitative estimate of drug-likeness (QED) is 0.334. The molecule has 0 aromatic rings. The van der Waals surface area contributed by atoms with Gasteiger partial charge < -0.3 is 4.90 Å². The lowest BCUT2D eigenvalue weighted by Gasteiger charge is -2.21. The number of alkyl halides is 6. The van der Waals surface area contributed by atoms with E-state index in [2.05, 4.69) is 4.99 Å². The molecule has 0 aromatic heterocycles. The van der Waals surface area contributed by atoms with E-state index >= 15 is 0 Å². The van der Waals surface area contributed by atoms with Crippen LogP contribution >= 0.6 is 69.6 Å². The van der Waals surface area contributed by atoms with Gasteiger partial charge in [-0.3, -0.25) is 0 Å². The number of halogens is 6. The lowest BCUT2D eigenvalue weighted by Crippen LogP contribution is -2.30. The second kappa shape index (κ2) is 6.63. The summed E-state index contributed by atoms with van der Waals surface area (Å²) in [6.07, 6.45) is 1.18. The van der Waals surface area contributed by atoms with Crippen molar-refractivity contribution < 1.29 is 0 Å². The van der Waals surface area contributed by atoms with Crippen LogP contribution in [0, 0.1) is 0 Å². The molecule has 72 valence electrons. The van der Waals surface area contributed by atoms with Crippen LogP contribution in [0.3, 0.4) is 0 Å². The Kier molecular flexibility index (Phi) is 7.30. The van der Waals surface area contributed by atoms with Crippen molar-refractivity contribution in [2.24, 2.45) is 4.99 Å². The maximum Gasteiger partial charge on any atom is 0.198 e. The maximum atomic E-state index is 5.47. The molecule has 12 heavy (non-hydrogen) atoms. The molecule has 0 N–H and O–H groups in total. The molecular formula is C4H4Cl6N2. The Balaban J connectivity index is 4.14. The number of nitrogens with zero attached hydrogens (tertiary/aromatic N) is 2. The van der Waals surface area contributed by atoms with Gasteiger partial charge in [0.25, 0.3) is 0 Å². The maximum absolute atomic E-state index is 5.47. The summed E-state index contributed by atoms with van der Waals surface area (Å²) < 4.78 is 0. The van der Waals surface area contributed by atoms with Gasteiger partial charge in [-0.05, 0) is 0 Å². The summed E-state index contributed by atoms with van der Waals surface area (Å²) in [6.45, 7) is 0. The molecular weight excluding hydrogens is 289 g/mol. The standard InChI is InChI=1S/C4H4Cl6N2/c5-2(6)11-1-12(3(7)8)4(9)10/h1-4H/b11-1+. The lowest BCUT2D eigenvalue weighted by molar-refractivity contribution is 0.513. The zero-order chi connectivity index (χ0) is 9.72. The molecule has 0 atom stereocenters. The topological polar surface area (TPSA) is 15.6 Å². The average Bonchev–Trinajstić information content (AvgIpc) is 1.84. The monoisotopic (exact) mass is 290 g/mol. The molecule has 0 aliphatic carbocycles. The van der Waals surface area contributed by atoms with Crippen LogP contribution in [-0.4, -0.2) is 26.1 Å². The van der Waals surface area contributed by atoms with Crippen molar-refractivity contribution >= 4 is 75.9 Å². The smallest absolute Gasteiger partial charge is 0.198 e. The van der Waals surface area contributed by atoms with Gasteiger partial charge in [0.2, 0.25) is 0 Å². The predicted molar refractivity (Wildman–Crippen MR) is 56.8 cm³/mol. The Morgan fingerprint density at radius 3 is 1.58 bits per heavy atom. The van der Waals surface area contributed by atoms with E-state index in [-0.39, 0.29) is 0 Å². The van der Waals surface area contributed by atoms with Crippen molar-refractivity contribution in [3.63, 3.8) is 0 Å². The summed E-state index contributed by atoms with van der Waals surface area (Å²) in [5, 5.41) is 0. The molecule has 0 heterocycles. The van der Waals surface area contributed by atoms with Crippen LogP contribution in [0.15, 0.2) is 4.99 Å². The molecule has 8 heteroatoms. The SMILES string of the molecule is ClC(Cl)/N=C/N(C(Cl)Cl)C(Cl)Cl. The van der Waals surface area contributed by atoms with Crippen molar-refractivity contribution in [3.05, 3.63) is 0 Å². The molecule has 0 bridgehead atoms. The molecule has 0 saturated carbocycles. The van der Waals surface area contributed by atoms with E-state index < -0.39 is 14.9 Å². The van der Waals surface area contributed by atoms with Crippen molar-refractivity contribution in [1.29, 1.82) is 0 Å². The van der Waals surface area contributed by atoms with E-state index in [0.29, 0.717) is 0 Å². The Labute approximate surface area is 100 Å². The minimum absolute atomic E-state index is 0.897. The van der Waals surface area contributed by atoms with Crippen LogP contribution in [0.1, 0.15) is 0 Å². The highest BCUT2D eigenvalue weighted by molar-refractivity contribution is 6.48. The number of hydrogen-bond acceptors (Lipinski definition) is 1. The van der Waals surface area contributed by atoms with Crippen LogP contribution in [0.4, 0.5) is 0 Å². The van der Waals surface area contributed by atoms with Crippen LogP contribution < -0.4 is 0 Å². The number of hydrogen-bond donors (Lipinski definition) is 0. The zero-order valence-electron chi connectivity index (χ0n) is 5.47. The normalized spacial score (nSPS) is 12.4. The second-order valence-corrected chi connectivity index (χ2v) is 4.70. The Bertz CT molecular complexity index is 138. The van der Waals surface area contributed by atoms with E-state index in [9.17, 15) is 0 Å². The van der Waals surface area contributed by atoms with Gasteiger partial charge in [-0.1, -0.05) is 69.6 Å². The van der Waals surface area contributed by atoms with Crippen LogP contribution in [0.25, 0.3) is 0 Å². The van der Waals surface area contributed by atoms with Crippen LogP contribution in [0.5, 0.6) is 0 Å². The summed E-state index contributed by atoms with van der Waals surface area (Å²) in [5.74, 6) is 0. The van der Waals surface area contributed by atoms with Gasteiger partial charge in [0.15, 0.2) is 14.9 Å². The van der Waals surface area contributed by atoms with Gasteiger partial charge in [0, 0.05) is 0 Å². The fourth-order valence-electron chi connectivity index (χ4n) is 0.313. The Hall–Kier alpha value is 1.21. The third-order valence-corrected chi connectivity index (χ3v) is 1.89. The lowest BCUT2D eigenvalue weighted by atomic mass is 10.9. The average molecular weight is 293 g/mol. The molecule has 0 aliphatic rings. The van der Waals surface area contributed by atoms with E-state index in [1.807, 2.05) is 0 Å². The molecule has 0 aliphatic heterocycles. The first-order valence-corrected chi connectivity index (χ1v) is 5.22. The third kappa shape index (κ3) is 5.79. The summed E-state index contributed by atoms with van der Waals surface area (Å²) in [7, 11) is 0. The molecule has 0 aromatic carbocycles. The van der Waals surface area contributed by atoms with E-state index in [1.54, 1.807) is 0 Å². The van der Waals surface area contributed by atoms with Crippen molar-refractivity contribution in [1.82, 2.24) is 4.90 Å². The Morgan fingerprint density at radius 2 is 1.33 bits per heavy atom. The molecule has 0 fully saturated rings. The van der Waals surface area contributed by atoms with Crippen LogP contribution in [-0.2, 0) is 0 Å². The summed E-state index contributed by atoms with van der Waals surface area (Å²) in [4.78, 5) is 2.02. The minimum Gasteiger partial charge on any atom is -0.304 e. The minimum atomic E-state index is -0.902. The highest BCUT2D eigenvalue weighted by atomic mass is 35.5. The molecule has 0 unspecified atom stereocenters. The molecule has 2 nitrogen and oxygen atoms in total. The first-order chi connectivity index (χ1) is 5.45. The zero-order valence-corrected chi connectivity index (χ0v) is 10.0. The van der Waals surface area contributed by atoms with Crippen molar-refractivity contribution in [2.45, 2.75) is 14.9 Å². The molecule has 0 spiro atoms. The summed E-state index contributed by atoms with van der Waals surface area (Å²) in [6, 6.07) is 0. The Morgan fingerprint density at radius 1 is 0.917 bits per heavy atom. The highest BCUT2D eigenvalue weighted by Crippen LogP contribution is 2.17. The molecule has 0 radical (unpaired) electrons. The first-order valence-electron chi connectivity index (χ1n) is 2.60. The van der Waals surface area contributed by atoms with Crippen molar-refractivity contribution in [2.75, 3.05) is 0 Å². The molecule has 0 saturated heterocycles. The predicted octanol–water partition coefficient (Wildman–Crippen LogP) is 3.60. The fourth-order valence-corrected chi connectivity index (χ4v) is 1.30. The van der Waals surface area contributed by atoms with Gasteiger partial charge in [0.05, 0.1) is 6.34 Å². The molecule has 0 amide bonds. The van der Waals surface area contributed by atoms with E-state index in [1.165, 1.54) is 6.34 Å².